The number of hydrogen-bond acceptors (Lipinski definition) is 3. The molecule has 3 heteroatoms. The molecule has 1 aromatic heterocycles. The molecule has 1 saturated heterocycles. The van der Waals surface area contributed by atoms with Gasteiger partial charge in [-0.3, -0.25) is 0 Å². The van der Waals surface area contributed by atoms with Gasteiger partial charge in [-0.05, 0) is 37.7 Å². The molecule has 0 radical (unpaired) electrons. The molecule has 0 aromatic carbocycles. The summed E-state index contributed by atoms with van der Waals surface area (Å²) < 4.78 is 0. The molecule has 3 rings (SSSR count). The van der Waals surface area contributed by atoms with E-state index in [0.717, 1.165) is 25.1 Å². The van der Waals surface area contributed by atoms with Gasteiger partial charge >= 0.3 is 0 Å². The Hall–Kier alpha value is -1.01. The molecule has 1 aliphatic carbocycles. The molecule has 78 valence electrons. The van der Waals surface area contributed by atoms with Crippen molar-refractivity contribution in [3.63, 3.8) is 0 Å². The maximum Gasteiger partial charge on any atom is 0.110 e. The Kier molecular flexibility index (Phi) is 2.17. The highest BCUT2D eigenvalue weighted by molar-refractivity contribution is 7.16. The Morgan fingerprint density at radius 3 is 2.67 bits per heavy atom. The number of fused-ring (bicyclic) bond motifs is 1. The summed E-state index contributed by atoms with van der Waals surface area (Å²) in [6, 6.07) is 2.42. The molecule has 0 unspecified atom stereocenters. The third kappa shape index (κ3) is 1.36. The van der Waals surface area contributed by atoms with E-state index in [1.54, 1.807) is 0 Å². The Bertz CT molecular complexity index is 422. The second kappa shape index (κ2) is 3.53. The minimum Gasteiger partial charge on any atom is -0.362 e. The summed E-state index contributed by atoms with van der Waals surface area (Å²) in [5.74, 6) is 0. The molecule has 0 spiro atoms. The van der Waals surface area contributed by atoms with Crippen LogP contribution in [0.2, 0.25) is 0 Å². The van der Waals surface area contributed by atoms with E-state index in [9.17, 15) is 5.26 Å². The van der Waals surface area contributed by atoms with E-state index in [0.29, 0.717) is 0 Å². The first-order valence-electron chi connectivity index (χ1n) is 5.70. The fourth-order valence-corrected chi connectivity index (χ4v) is 4.04. The van der Waals surface area contributed by atoms with Crippen LogP contribution in [0, 0.1) is 11.3 Å². The fraction of sp³-hybridized carbons (Fsp3) is 0.583. The Labute approximate surface area is 94.1 Å². The number of thiophene rings is 1. The Morgan fingerprint density at radius 2 is 1.93 bits per heavy atom. The van der Waals surface area contributed by atoms with Gasteiger partial charge in [-0.2, -0.15) is 5.26 Å². The maximum atomic E-state index is 9.26. The van der Waals surface area contributed by atoms with E-state index in [4.69, 9.17) is 0 Å². The van der Waals surface area contributed by atoms with E-state index < -0.39 is 0 Å². The summed E-state index contributed by atoms with van der Waals surface area (Å²) in [4.78, 5) is 3.88. The molecule has 2 aliphatic rings. The predicted octanol–water partition coefficient (Wildman–Crippen LogP) is 2.71. The Balaban J connectivity index is 2.04. The third-order valence-electron chi connectivity index (χ3n) is 3.41. The predicted molar refractivity (Wildman–Crippen MR) is 62.5 cm³/mol. The van der Waals surface area contributed by atoms with Crippen LogP contribution in [0.1, 0.15) is 35.3 Å². The number of hydrogen-bond donors (Lipinski definition) is 0. The van der Waals surface area contributed by atoms with Crippen LogP contribution in [0.4, 0.5) is 5.00 Å². The lowest BCUT2D eigenvalue weighted by atomic mass is 10.1. The molecular formula is C12H14N2S. The summed E-state index contributed by atoms with van der Waals surface area (Å²) in [7, 11) is 0. The molecule has 0 bridgehead atoms. The number of rotatable bonds is 1. The van der Waals surface area contributed by atoms with Crippen molar-refractivity contribution in [2.75, 3.05) is 18.0 Å². The largest absolute Gasteiger partial charge is 0.362 e. The minimum atomic E-state index is 0.995. The lowest BCUT2D eigenvalue weighted by Gasteiger charge is -2.15. The molecule has 0 N–H and O–H groups in total. The van der Waals surface area contributed by atoms with Crippen molar-refractivity contribution in [1.82, 2.24) is 0 Å². The average Bonchev–Trinajstić information content (AvgIpc) is 2.93. The van der Waals surface area contributed by atoms with Crippen LogP contribution in [-0.4, -0.2) is 13.1 Å². The molecular weight excluding hydrogens is 204 g/mol. The molecule has 1 aliphatic heterocycles. The van der Waals surface area contributed by atoms with Gasteiger partial charge in [0.15, 0.2) is 0 Å². The van der Waals surface area contributed by atoms with Crippen molar-refractivity contribution >= 4 is 16.3 Å². The fourth-order valence-electron chi connectivity index (χ4n) is 2.65. The molecule has 1 fully saturated rings. The van der Waals surface area contributed by atoms with Gasteiger partial charge in [0, 0.05) is 18.0 Å². The van der Waals surface area contributed by atoms with Crippen molar-refractivity contribution in [3.8, 4) is 6.07 Å². The van der Waals surface area contributed by atoms with Crippen LogP contribution in [0.15, 0.2) is 0 Å². The number of nitriles is 1. The maximum absolute atomic E-state index is 9.26. The highest BCUT2D eigenvalue weighted by Crippen LogP contribution is 2.41. The first-order chi connectivity index (χ1) is 7.40. The monoisotopic (exact) mass is 218 g/mol. The first-order valence-corrected chi connectivity index (χ1v) is 6.51. The van der Waals surface area contributed by atoms with E-state index in [-0.39, 0.29) is 0 Å². The second-order valence-electron chi connectivity index (χ2n) is 4.34. The number of anilines is 1. The first kappa shape index (κ1) is 9.23. The second-order valence-corrected chi connectivity index (χ2v) is 5.43. The van der Waals surface area contributed by atoms with Gasteiger partial charge in [-0.25, -0.2) is 0 Å². The molecule has 2 nitrogen and oxygen atoms in total. The SMILES string of the molecule is N#Cc1c(N2CCCC2)sc2c1CCC2. The highest BCUT2D eigenvalue weighted by atomic mass is 32.1. The van der Waals surface area contributed by atoms with Gasteiger partial charge < -0.3 is 4.90 Å². The van der Waals surface area contributed by atoms with Gasteiger partial charge in [0.25, 0.3) is 0 Å². The summed E-state index contributed by atoms with van der Waals surface area (Å²) in [5, 5.41) is 10.5. The summed E-state index contributed by atoms with van der Waals surface area (Å²) in [6.07, 6.45) is 6.14. The van der Waals surface area contributed by atoms with Crippen molar-refractivity contribution in [3.05, 3.63) is 16.0 Å². The quantitative estimate of drug-likeness (QED) is 0.724. The van der Waals surface area contributed by atoms with Crippen molar-refractivity contribution in [1.29, 1.82) is 5.26 Å². The average molecular weight is 218 g/mol. The standard InChI is InChI=1S/C12H14N2S/c13-8-10-9-4-3-5-11(9)15-12(10)14-6-1-2-7-14/h1-7H2. The molecule has 0 atom stereocenters. The topological polar surface area (TPSA) is 27.0 Å². The van der Waals surface area contributed by atoms with E-state index in [1.165, 1.54) is 41.1 Å². The van der Waals surface area contributed by atoms with Crippen molar-refractivity contribution < 1.29 is 0 Å². The summed E-state index contributed by atoms with van der Waals surface area (Å²) in [6.45, 7) is 2.29. The van der Waals surface area contributed by atoms with Gasteiger partial charge in [-0.15, -0.1) is 11.3 Å². The zero-order valence-corrected chi connectivity index (χ0v) is 9.57. The van der Waals surface area contributed by atoms with Crippen LogP contribution in [0.5, 0.6) is 0 Å². The van der Waals surface area contributed by atoms with Gasteiger partial charge in [0.1, 0.15) is 11.1 Å². The number of nitrogens with zero attached hydrogens (tertiary/aromatic N) is 2. The Morgan fingerprint density at radius 1 is 1.13 bits per heavy atom. The van der Waals surface area contributed by atoms with Gasteiger partial charge in [0.05, 0.1) is 5.56 Å². The van der Waals surface area contributed by atoms with Crippen molar-refractivity contribution in [2.45, 2.75) is 32.1 Å². The van der Waals surface area contributed by atoms with Crippen LogP contribution in [-0.2, 0) is 12.8 Å². The van der Waals surface area contributed by atoms with E-state index in [2.05, 4.69) is 11.0 Å². The summed E-state index contributed by atoms with van der Waals surface area (Å²) in [5.41, 5.74) is 2.36. The highest BCUT2D eigenvalue weighted by Gasteiger charge is 2.26. The molecule has 15 heavy (non-hydrogen) atoms. The van der Waals surface area contributed by atoms with Gasteiger partial charge in [0.2, 0.25) is 0 Å². The van der Waals surface area contributed by atoms with E-state index in [1.807, 2.05) is 11.3 Å². The molecule has 2 heterocycles. The number of aryl methyl sites for hydroxylation is 1. The van der Waals surface area contributed by atoms with E-state index >= 15 is 0 Å². The van der Waals surface area contributed by atoms with Crippen LogP contribution < -0.4 is 4.90 Å². The smallest absolute Gasteiger partial charge is 0.110 e. The molecule has 0 saturated carbocycles. The lowest BCUT2D eigenvalue weighted by molar-refractivity contribution is 0.910. The zero-order chi connectivity index (χ0) is 10.3. The molecule has 1 aromatic rings. The summed E-state index contributed by atoms with van der Waals surface area (Å²) >= 11 is 1.87. The van der Waals surface area contributed by atoms with Crippen molar-refractivity contribution in [2.24, 2.45) is 0 Å². The molecule has 0 amide bonds. The van der Waals surface area contributed by atoms with Crippen LogP contribution >= 0.6 is 11.3 Å². The van der Waals surface area contributed by atoms with Crippen LogP contribution in [0.25, 0.3) is 0 Å². The minimum absolute atomic E-state index is 0.995. The van der Waals surface area contributed by atoms with Gasteiger partial charge in [-0.1, -0.05) is 0 Å². The normalized spacial score (nSPS) is 19.3. The zero-order valence-electron chi connectivity index (χ0n) is 8.75. The van der Waals surface area contributed by atoms with Crippen LogP contribution in [0.3, 0.4) is 0 Å². The third-order valence-corrected chi connectivity index (χ3v) is 4.76. The lowest BCUT2D eigenvalue weighted by Crippen LogP contribution is -2.17.